The molecule has 0 aliphatic heterocycles. The van der Waals surface area contributed by atoms with E-state index in [9.17, 15) is 18.0 Å². The Kier molecular flexibility index (Phi) is 4.48. The molecule has 3 rings (SSSR count). The first-order valence-corrected chi connectivity index (χ1v) is 8.06. The summed E-state index contributed by atoms with van der Waals surface area (Å²) in [5, 5.41) is 6.28. The molecule has 0 aliphatic carbocycles. The van der Waals surface area contributed by atoms with Crippen molar-refractivity contribution in [2.24, 2.45) is 0 Å². The van der Waals surface area contributed by atoms with Crippen LogP contribution >= 0.6 is 0 Å². The summed E-state index contributed by atoms with van der Waals surface area (Å²) in [5.74, 6) is -0.656. The van der Waals surface area contributed by atoms with Crippen LogP contribution in [0, 0.1) is 20.8 Å². The summed E-state index contributed by atoms with van der Waals surface area (Å²) >= 11 is 0. The number of nitrogens with one attached hydrogen (secondary N) is 2. The van der Waals surface area contributed by atoms with Gasteiger partial charge in [0.15, 0.2) is 0 Å². The second-order valence-corrected chi connectivity index (χ2v) is 6.40. The number of halogens is 3. The molecule has 3 aromatic rings. The van der Waals surface area contributed by atoms with E-state index in [1.54, 1.807) is 19.1 Å². The van der Waals surface area contributed by atoms with Crippen LogP contribution in [0.15, 0.2) is 41.2 Å². The van der Waals surface area contributed by atoms with Gasteiger partial charge in [0.25, 0.3) is 5.56 Å². The van der Waals surface area contributed by atoms with Crippen LogP contribution in [0.3, 0.4) is 0 Å². The molecule has 1 aromatic carbocycles. The summed E-state index contributed by atoms with van der Waals surface area (Å²) in [5.41, 5.74) is 2.58. The van der Waals surface area contributed by atoms with Gasteiger partial charge in [0.1, 0.15) is 0 Å². The van der Waals surface area contributed by atoms with Crippen LogP contribution in [0.2, 0.25) is 0 Å². The Hall–Kier alpha value is -2.83. The van der Waals surface area contributed by atoms with E-state index in [-0.39, 0.29) is 0 Å². The van der Waals surface area contributed by atoms with Gasteiger partial charge in [-0.05, 0) is 50.1 Å². The fourth-order valence-electron chi connectivity index (χ4n) is 3.19. The number of hydrogen-bond acceptors (Lipinski definition) is 2. The Morgan fingerprint density at radius 2 is 1.81 bits per heavy atom. The first-order chi connectivity index (χ1) is 12.2. The van der Waals surface area contributed by atoms with Crippen molar-refractivity contribution in [2.45, 2.75) is 32.9 Å². The molecule has 0 fully saturated rings. The summed E-state index contributed by atoms with van der Waals surface area (Å²) in [6.45, 7) is 5.44. The molecule has 4 nitrogen and oxygen atoms in total. The minimum absolute atomic E-state index is 0.349. The van der Waals surface area contributed by atoms with Crippen LogP contribution in [0.25, 0.3) is 0 Å². The van der Waals surface area contributed by atoms with E-state index in [0.717, 1.165) is 23.4 Å². The Morgan fingerprint density at radius 1 is 1.08 bits per heavy atom. The molecule has 0 spiro atoms. The molecule has 26 heavy (non-hydrogen) atoms. The molecule has 7 heteroatoms. The molecule has 136 valence electrons. The maximum absolute atomic E-state index is 13.2. The minimum Gasteiger partial charge on any atom is -0.361 e. The molecular formula is C19H18F3N3O. The average molecular weight is 361 g/mol. The first-order valence-electron chi connectivity index (χ1n) is 8.06. The lowest BCUT2D eigenvalue weighted by molar-refractivity contribution is -0.137. The van der Waals surface area contributed by atoms with Gasteiger partial charge < -0.3 is 4.98 Å². The maximum atomic E-state index is 13.2. The topological polar surface area (TPSA) is 61.5 Å². The van der Waals surface area contributed by atoms with Crippen LogP contribution in [-0.2, 0) is 6.18 Å². The van der Waals surface area contributed by atoms with Crippen LogP contribution in [0.4, 0.5) is 13.2 Å². The summed E-state index contributed by atoms with van der Waals surface area (Å²) in [6.07, 6.45) is -4.46. The van der Waals surface area contributed by atoms with Gasteiger partial charge in [0.2, 0.25) is 0 Å². The molecule has 2 N–H and O–H groups in total. The lowest BCUT2D eigenvalue weighted by atomic mass is 9.87. The van der Waals surface area contributed by atoms with Crippen LogP contribution in [0.1, 0.15) is 45.3 Å². The molecule has 2 heterocycles. The zero-order valence-corrected chi connectivity index (χ0v) is 14.5. The van der Waals surface area contributed by atoms with E-state index in [0.29, 0.717) is 22.5 Å². The second kappa shape index (κ2) is 6.48. The summed E-state index contributed by atoms with van der Waals surface area (Å²) in [6, 6.07) is 8.59. The third-order valence-electron chi connectivity index (χ3n) is 4.30. The lowest BCUT2D eigenvalue weighted by Crippen LogP contribution is -2.21. The third-order valence-corrected chi connectivity index (χ3v) is 4.30. The fraction of sp³-hybridized carbons (Fsp3) is 0.263. The second-order valence-electron chi connectivity index (χ2n) is 6.40. The molecule has 2 aromatic heterocycles. The Labute approximate surface area is 148 Å². The van der Waals surface area contributed by atoms with Crippen molar-refractivity contribution in [3.05, 3.63) is 86.1 Å². The van der Waals surface area contributed by atoms with E-state index in [1.165, 1.54) is 6.07 Å². The number of hydrogen-bond donors (Lipinski definition) is 2. The number of benzene rings is 1. The van der Waals surface area contributed by atoms with E-state index in [1.807, 2.05) is 19.9 Å². The number of rotatable bonds is 3. The van der Waals surface area contributed by atoms with Gasteiger partial charge in [-0.15, -0.1) is 0 Å². The molecule has 1 atom stereocenters. The van der Waals surface area contributed by atoms with Crippen LogP contribution in [-0.4, -0.2) is 15.2 Å². The highest BCUT2D eigenvalue weighted by molar-refractivity contribution is 5.45. The summed E-state index contributed by atoms with van der Waals surface area (Å²) in [7, 11) is 0. The molecule has 0 bridgehead atoms. The number of aromatic amines is 2. The van der Waals surface area contributed by atoms with Crippen molar-refractivity contribution in [3.63, 3.8) is 0 Å². The predicted octanol–water partition coefficient (Wildman–Crippen LogP) is 4.22. The SMILES string of the molecule is Cc1cc([C@H](c2cccc(C(F)(F)F)c2)c2[nH]c(C)cc2C)c(=O)[nH]n1. The zero-order valence-electron chi connectivity index (χ0n) is 14.5. The van der Waals surface area contributed by atoms with Gasteiger partial charge in [0, 0.05) is 17.0 Å². The quantitative estimate of drug-likeness (QED) is 0.734. The molecule has 0 saturated heterocycles. The average Bonchev–Trinajstić information content (AvgIpc) is 2.89. The van der Waals surface area contributed by atoms with Gasteiger partial charge in [-0.1, -0.05) is 18.2 Å². The third kappa shape index (κ3) is 3.42. The van der Waals surface area contributed by atoms with Crippen LogP contribution in [0.5, 0.6) is 0 Å². The lowest BCUT2D eigenvalue weighted by Gasteiger charge is -2.19. The van der Waals surface area contributed by atoms with Gasteiger partial charge >= 0.3 is 6.18 Å². The van der Waals surface area contributed by atoms with Crippen molar-refractivity contribution in [3.8, 4) is 0 Å². The highest BCUT2D eigenvalue weighted by atomic mass is 19.4. The van der Waals surface area contributed by atoms with Crippen molar-refractivity contribution >= 4 is 0 Å². The van der Waals surface area contributed by atoms with Gasteiger partial charge in [0.05, 0.1) is 17.2 Å². The summed E-state index contributed by atoms with van der Waals surface area (Å²) < 4.78 is 39.5. The Balaban J connectivity index is 2.27. The number of aromatic nitrogens is 3. The zero-order chi connectivity index (χ0) is 19.1. The van der Waals surface area contributed by atoms with E-state index in [4.69, 9.17) is 0 Å². The normalized spacial score (nSPS) is 13.0. The highest BCUT2D eigenvalue weighted by Crippen LogP contribution is 2.36. The smallest absolute Gasteiger partial charge is 0.361 e. The number of aryl methyl sites for hydroxylation is 3. The van der Waals surface area contributed by atoms with E-state index >= 15 is 0 Å². The maximum Gasteiger partial charge on any atom is 0.416 e. The van der Waals surface area contributed by atoms with E-state index in [2.05, 4.69) is 15.2 Å². The van der Waals surface area contributed by atoms with Crippen LogP contribution < -0.4 is 5.56 Å². The van der Waals surface area contributed by atoms with Gasteiger partial charge in [-0.2, -0.15) is 18.3 Å². The Morgan fingerprint density at radius 3 is 2.42 bits per heavy atom. The number of nitrogens with zero attached hydrogens (tertiary/aromatic N) is 1. The van der Waals surface area contributed by atoms with Crippen molar-refractivity contribution in [2.75, 3.05) is 0 Å². The van der Waals surface area contributed by atoms with Crippen molar-refractivity contribution in [1.82, 2.24) is 15.2 Å². The Bertz CT molecular complexity index is 1000. The largest absolute Gasteiger partial charge is 0.416 e. The standard InChI is InChI=1S/C19H18F3N3O/c1-10-7-11(2)23-17(10)16(15-8-12(3)24-25-18(15)26)13-5-4-6-14(9-13)19(20,21)22/h4-9,16,23H,1-3H3,(H,25,26)/t16-/m0/s1. The number of alkyl halides is 3. The van der Waals surface area contributed by atoms with E-state index < -0.39 is 23.2 Å². The monoisotopic (exact) mass is 361 g/mol. The van der Waals surface area contributed by atoms with Crippen molar-refractivity contribution < 1.29 is 13.2 Å². The fourth-order valence-corrected chi connectivity index (χ4v) is 3.19. The molecule has 0 unspecified atom stereocenters. The van der Waals surface area contributed by atoms with Gasteiger partial charge in [-0.25, -0.2) is 5.10 Å². The highest BCUT2D eigenvalue weighted by Gasteiger charge is 2.32. The molecule has 0 radical (unpaired) electrons. The summed E-state index contributed by atoms with van der Waals surface area (Å²) in [4.78, 5) is 15.6. The minimum atomic E-state index is -4.46. The number of H-pyrrole nitrogens is 2. The molecular weight excluding hydrogens is 343 g/mol. The van der Waals surface area contributed by atoms with Crippen molar-refractivity contribution in [1.29, 1.82) is 0 Å². The molecule has 0 saturated carbocycles. The molecule has 0 amide bonds. The first kappa shape index (κ1) is 18.0. The predicted molar refractivity (Wildman–Crippen MR) is 92.3 cm³/mol. The van der Waals surface area contributed by atoms with Gasteiger partial charge in [-0.3, -0.25) is 4.79 Å². The molecule has 0 aliphatic rings.